The molecule has 7 heteroatoms. The van der Waals surface area contributed by atoms with Crippen molar-refractivity contribution in [3.05, 3.63) is 124 Å². The van der Waals surface area contributed by atoms with Crippen molar-refractivity contribution in [1.29, 1.82) is 0 Å². The number of carbonyl (C=O) groups is 1. The second kappa shape index (κ2) is 10.6. The lowest BCUT2D eigenvalue weighted by Gasteiger charge is -2.29. The minimum Gasteiger partial charge on any atom is -0.322 e. The Bertz CT molecular complexity index is 1710. The van der Waals surface area contributed by atoms with Gasteiger partial charge in [-0.25, -0.2) is 0 Å². The second-order valence-corrected chi connectivity index (χ2v) is 11.3. The highest BCUT2D eigenvalue weighted by molar-refractivity contribution is 7.19. The summed E-state index contributed by atoms with van der Waals surface area (Å²) in [6, 6.07) is 26.4. The molecule has 1 amide bonds. The number of hydrogen-bond acceptors (Lipinski definition) is 3. The number of rotatable bonds is 5. The number of carbonyl (C=O) groups excluding carboxylic acids is 1. The zero-order chi connectivity index (χ0) is 27.9. The SMILES string of the molecule is Cc1c(CN2CCc3cc(NC(=O)c4ccccc4-c4ccc(C(F)(F)F)cc4)ccc3C2)sc2ccccc12. The van der Waals surface area contributed by atoms with E-state index in [9.17, 15) is 18.0 Å². The summed E-state index contributed by atoms with van der Waals surface area (Å²) in [6.07, 6.45) is -3.51. The van der Waals surface area contributed by atoms with E-state index in [-0.39, 0.29) is 5.91 Å². The first kappa shape index (κ1) is 26.3. The van der Waals surface area contributed by atoms with Gasteiger partial charge in [0.05, 0.1) is 5.56 Å². The fraction of sp³-hybridized carbons (Fsp3) is 0.182. The Hall–Kier alpha value is -3.94. The molecule has 1 aliphatic rings. The average Bonchev–Trinajstić information content (AvgIpc) is 3.27. The van der Waals surface area contributed by atoms with Crippen molar-refractivity contribution in [2.24, 2.45) is 0 Å². The third-order valence-electron chi connectivity index (χ3n) is 7.56. The number of nitrogens with zero attached hydrogens (tertiary/aromatic N) is 1. The molecular weight excluding hydrogens is 529 g/mol. The Kier molecular flexibility index (Phi) is 6.94. The third kappa shape index (κ3) is 5.27. The number of aryl methyl sites for hydroxylation is 1. The Morgan fingerprint density at radius 3 is 2.45 bits per heavy atom. The van der Waals surface area contributed by atoms with E-state index in [2.05, 4.69) is 47.5 Å². The topological polar surface area (TPSA) is 32.3 Å². The molecule has 4 aromatic carbocycles. The predicted octanol–water partition coefficient (Wildman–Crippen LogP) is 8.71. The van der Waals surface area contributed by atoms with E-state index in [1.54, 1.807) is 24.3 Å². The Morgan fingerprint density at radius 2 is 1.68 bits per heavy atom. The predicted molar refractivity (Wildman–Crippen MR) is 156 cm³/mol. The first-order valence-corrected chi connectivity index (χ1v) is 14.0. The van der Waals surface area contributed by atoms with Gasteiger partial charge in [-0.1, -0.05) is 54.6 Å². The number of alkyl halides is 3. The molecule has 1 aliphatic heterocycles. The van der Waals surface area contributed by atoms with Gasteiger partial charge in [0.2, 0.25) is 0 Å². The fourth-order valence-corrected chi connectivity index (χ4v) is 6.63. The number of hydrogen-bond donors (Lipinski definition) is 1. The first-order valence-electron chi connectivity index (χ1n) is 13.2. The maximum absolute atomic E-state index is 13.3. The van der Waals surface area contributed by atoms with E-state index in [4.69, 9.17) is 0 Å². The van der Waals surface area contributed by atoms with Gasteiger partial charge in [0, 0.05) is 40.5 Å². The molecule has 0 saturated carbocycles. The Labute approximate surface area is 234 Å². The van der Waals surface area contributed by atoms with Gasteiger partial charge in [-0.2, -0.15) is 13.2 Å². The molecule has 0 radical (unpaired) electrons. The summed E-state index contributed by atoms with van der Waals surface area (Å²) in [6.45, 7) is 4.92. The zero-order valence-corrected chi connectivity index (χ0v) is 22.7. The first-order chi connectivity index (χ1) is 19.3. The fourth-order valence-electron chi connectivity index (χ4n) is 5.37. The number of benzene rings is 4. The highest BCUT2D eigenvalue weighted by atomic mass is 32.1. The summed E-state index contributed by atoms with van der Waals surface area (Å²) in [5.41, 5.74) is 5.37. The molecule has 2 heterocycles. The molecule has 202 valence electrons. The van der Waals surface area contributed by atoms with Crippen LogP contribution in [0.15, 0.2) is 91.0 Å². The maximum Gasteiger partial charge on any atom is 0.416 e. The van der Waals surface area contributed by atoms with Gasteiger partial charge in [-0.15, -0.1) is 11.3 Å². The zero-order valence-electron chi connectivity index (χ0n) is 21.9. The molecule has 1 aromatic heterocycles. The second-order valence-electron chi connectivity index (χ2n) is 10.2. The maximum atomic E-state index is 13.3. The van der Waals surface area contributed by atoms with E-state index in [1.807, 2.05) is 23.5 Å². The van der Waals surface area contributed by atoms with Crippen LogP contribution in [0.25, 0.3) is 21.2 Å². The number of amides is 1. The minimum atomic E-state index is -4.41. The van der Waals surface area contributed by atoms with Crippen LogP contribution < -0.4 is 5.32 Å². The minimum absolute atomic E-state index is 0.298. The summed E-state index contributed by atoms with van der Waals surface area (Å²) < 4.78 is 40.3. The van der Waals surface area contributed by atoms with E-state index >= 15 is 0 Å². The van der Waals surface area contributed by atoms with E-state index in [1.165, 1.54) is 43.8 Å². The molecule has 0 bridgehead atoms. The van der Waals surface area contributed by atoms with Gasteiger partial charge < -0.3 is 5.32 Å². The van der Waals surface area contributed by atoms with Crippen molar-refractivity contribution in [3.63, 3.8) is 0 Å². The van der Waals surface area contributed by atoms with Crippen LogP contribution in [0, 0.1) is 6.92 Å². The van der Waals surface area contributed by atoms with Crippen LogP contribution in [0.1, 0.15) is 37.5 Å². The van der Waals surface area contributed by atoms with Crippen LogP contribution in [0.5, 0.6) is 0 Å². The van der Waals surface area contributed by atoms with Gasteiger partial charge >= 0.3 is 6.18 Å². The summed E-state index contributed by atoms with van der Waals surface area (Å²) in [5.74, 6) is -0.298. The van der Waals surface area contributed by atoms with E-state index in [0.29, 0.717) is 22.4 Å². The smallest absolute Gasteiger partial charge is 0.322 e. The molecule has 0 spiro atoms. The van der Waals surface area contributed by atoms with Crippen LogP contribution in [0.4, 0.5) is 18.9 Å². The Morgan fingerprint density at radius 1 is 0.925 bits per heavy atom. The lowest BCUT2D eigenvalue weighted by Crippen LogP contribution is -2.30. The molecule has 6 rings (SSSR count). The summed E-state index contributed by atoms with van der Waals surface area (Å²) >= 11 is 1.87. The molecule has 3 nitrogen and oxygen atoms in total. The molecule has 40 heavy (non-hydrogen) atoms. The van der Waals surface area contributed by atoms with E-state index < -0.39 is 11.7 Å². The van der Waals surface area contributed by atoms with Crippen molar-refractivity contribution < 1.29 is 18.0 Å². The third-order valence-corrected chi connectivity index (χ3v) is 8.82. The van der Waals surface area contributed by atoms with Crippen molar-refractivity contribution in [3.8, 4) is 11.1 Å². The number of fused-ring (bicyclic) bond motifs is 2. The Balaban J connectivity index is 1.16. The molecule has 0 unspecified atom stereocenters. The molecule has 0 fully saturated rings. The van der Waals surface area contributed by atoms with Crippen LogP contribution in [-0.4, -0.2) is 17.4 Å². The standard InChI is InChI=1S/C33H27F3N2OS/c1-21-27-6-4-5-9-30(27)40-31(21)20-38-17-16-23-18-26(15-12-24(23)19-38)37-32(39)29-8-3-2-7-28(29)22-10-13-25(14-11-22)33(34,35)36/h2-15,18H,16-17,19-20H2,1H3,(H,37,39). The van der Waals surface area contributed by atoms with Crippen LogP contribution in [0.2, 0.25) is 0 Å². The lowest BCUT2D eigenvalue weighted by molar-refractivity contribution is -0.137. The highest BCUT2D eigenvalue weighted by Crippen LogP contribution is 2.34. The highest BCUT2D eigenvalue weighted by Gasteiger charge is 2.30. The monoisotopic (exact) mass is 556 g/mol. The number of thiophene rings is 1. The quantitative estimate of drug-likeness (QED) is 0.235. The molecule has 0 aliphatic carbocycles. The largest absolute Gasteiger partial charge is 0.416 e. The lowest BCUT2D eigenvalue weighted by atomic mass is 9.97. The average molecular weight is 557 g/mol. The number of anilines is 1. The van der Waals surface area contributed by atoms with Crippen molar-refractivity contribution in [2.75, 3.05) is 11.9 Å². The number of nitrogens with one attached hydrogen (secondary N) is 1. The van der Waals surface area contributed by atoms with Gasteiger partial charge in [-0.05, 0) is 82.9 Å². The molecular formula is C33H27F3N2OS. The molecule has 5 aromatic rings. The summed E-state index contributed by atoms with van der Waals surface area (Å²) in [5, 5.41) is 4.33. The van der Waals surface area contributed by atoms with Crippen LogP contribution in [0.3, 0.4) is 0 Å². The molecule has 1 N–H and O–H groups in total. The van der Waals surface area contributed by atoms with Crippen molar-refractivity contribution in [2.45, 2.75) is 32.6 Å². The normalized spacial score (nSPS) is 13.8. The van der Waals surface area contributed by atoms with Crippen molar-refractivity contribution in [1.82, 2.24) is 4.90 Å². The summed E-state index contributed by atoms with van der Waals surface area (Å²) in [4.78, 5) is 17.1. The van der Waals surface area contributed by atoms with Crippen LogP contribution >= 0.6 is 11.3 Å². The molecule has 0 saturated heterocycles. The van der Waals surface area contributed by atoms with Crippen LogP contribution in [-0.2, 0) is 25.7 Å². The van der Waals surface area contributed by atoms with Crippen molar-refractivity contribution >= 4 is 33.0 Å². The van der Waals surface area contributed by atoms with E-state index in [0.717, 1.165) is 38.2 Å². The number of halogens is 3. The van der Waals surface area contributed by atoms with Gasteiger partial charge in [-0.3, -0.25) is 9.69 Å². The summed E-state index contributed by atoms with van der Waals surface area (Å²) in [7, 11) is 0. The van der Waals surface area contributed by atoms with Gasteiger partial charge in [0.1, 0.15) is 0 Å². The van der Waals surface area contributed by atoms with Gasteiger partial charge in [0.15, 0.2) is 0 Å². The van der Waals surface area contributed by atoms with Gasteiger partial charge in [0.25, 0.3) is 5.91 Å². The molecule has 0 atom stereocenters.